The fourth-order valence-electron chi connectivity index (χ4n) is 0.865. The van der Waals surface area contributed by atoms with Crippen LogP contribution in [-0.2, 0) is 12.4 Å². The van der Waals surface area contributed by atoms with Crippen LogP contribution in [0.5, 0.6) is 0 Å². The molecule has 2 nitrogen and oxygen atoms in total. The molecule has 0 fully saturated rings. The Hall–Kier alpha value is -0.150. The van der Waals surface area contributed by atoms with Crippen LogP contribution in [0.15, 0.2) is 12.4 Å². The van der Waals surface area contributed by atoms with Gasteiger partial charge in [-0.3, -0.25) is 0 Å². The minimum absolute atomic E-state index is 0.501. The number of halogens is 1. The quantitative estimate of drug-likeness (QED) is 0.676. The predicted octanol–water partition coefficient (Wildman–Crippen LogP) is 1.98. The lowest BCUT2D eigenvalue weighted by Gasteiger charge is -2.02. The van der Waals surface area contributed by atoms with Crippen LogP contribution < -0.4 is 0 Å². The zero-order valence-corrected chi connectivity index (χ0v) is 8.03. The Bertz CT molecular complexity index is 212. The van der Waals surface area contributed by atoms with Gasteiger partial charge in [0, 0.05) is 24.7 Å². The van der Waals surface area contributed by atoms with E-state index in [0.717, 1.165) is 18.1 Å². The third kappa shape index (κ3) is 2.42. The lowest BCUT2D eigenvalue weighted by atomic mass is 10.6. The Labute approximate surface area is 76.0 Å². The van der Waals surface area contributed by atoms with Crippen LogP contribution in [0.4, 0.5) is 0 Å². The largest absolute Gasteiger partial charge is 0.333 e. The molecule has 0 aromatic carbocycles. The monoisotopic (exact) mass is 190 g/mol. The molecule has 1 heterocycles. The van der Waals surface area contributed by atoms with Gasteiger partial charge >= 0.3 is 0 Å². The van der Waals surface area contributed by atoms with E-state index in [1.807, 2.05) is 18.0 Å². The van der Waals surface area contributed by atoms with Crippen molar-refractivity contribution >= 4 is 23.4 Å². The Kier molecular flexibility index (Phi) is 3.80. The summed E-state index contributed by atoms with van der Waals surface area (Å²) in [7, 11) is 0. The molecule has 1 rings (SSSR count). The molecule has 0 spiro atoms. The minimum Gasteiger partial charge on any atom is -0.333 e. The van der Waals surface area contributed by atoms with Gasteiger partial charge in [0.25, 0.3) is 0 Å². The number of alkyl halides is 1. The average molecular weight is 191 g/mol. The highest BCUT2D eigenvalue weighted by atomic mass is 35.5. The molecule has 11 heavy (non-hydrogen) atoms. The first kappa shape index (κ1) is 8.94. The van der Waals surface area contributed by atoms with E-state index in [1.165, 1.54) is 0 Å². The highest BCUT2D eigenvalue weighted by Crippen LogP contribution is 2.03. The van der Waals surface area contributed by atoms with Crippen molar-refractivity contribution in [3.63, 3.8) is 0 Å². The molecule has 0 unspecified atom stereocenters. The van der Waals surface area contributed by atoms with E-state index in [2.05, 4.69) is 15.8 Å². The maximum absolute atomic E-state index is 5.66. The minimum atomic E-state index is 0.501. The summed E-state index contributed by atoms with van der Waals surface area (Å²) >= 11 is 7.49. The van der Waals surface area contributed by atoms with Crippen LogP contribution in [0.3, 0.4) is 0 Å². The zero-order chi connectivity index (χ0) is 8.10. The number of imidazole rings is 1. The van der Waals surface area contributed by atoms with Gasteiger partial charge in [0.15, 0.2) is 0 Å². The van der Waals surface area contributed by atoms with Crippen molar-refractivity contribution in [2.24, 2.45) is 0 Å². The Morgan fingerprint density at radius 1 is 1.73 bits per heavy atom. The van der Waals surface area contributed by atoms with Crippen molar-refractivity contribution in [3.05, 3.63) is 18.2 Å². The molecule has 0 N–H and O–H groups in total. The standard InChI is InChI=1S/C7H11ClN2S/c1-11-5-4-10-3-2-9-7(10)6-8/h2-3H,4-6H2,1H3. The van der Waals surface area contributed by atoms with E-state index in [0.29, 0.717) is 5.88 Å². The molecular weight excluding hydrogens is 180 g/mol. The van der Waals surface area contributed by atoms with Gasteiger partial charge in [0.1, 0.15) is 5.82 Å². The van der Waals surface area contributed by atoms with Crippen LogP contribution in [-0.4, -0.2) is 21.6 Å². The molecule has 0 aliphatic heterocycles. The first-order chi connectivity index (χ1) is 5.38. The second kappa shape index (κ2) is 4.67. The number of hydrogen-bond donors (Lipinski definition) is 0. The summed E-state index contributed by atoms with van der Waals surface area (Å²) in [6.07, 6.45) is 5.85. The molecule has 1 aromatic heterocycles. The number of aromatic nitrogens is 2. The molecule has 0 aliphatic rings. The summed E-state index contributed by atoms with van der Waals surface area (Å²) in [5.41, 5.74) is 0. The van der Waals surface area contributed by atoms with Crippen molar-refractivity contribution in [2.75, 3.05) is 12.0 Å². The number of aryl methyl sites for hydroxylation is 1. The average Bonchev–Trinajstić information content (AvgIpc) is 2.47. The van der Waals surface area contributed by atoms with Gasteiger partial charge in [-0.2, -0.15) is 11.8 Å². The smallest absolute Gasteiger partial charge is 0.123 e. The van der Waals surface area contributed by atoms with E-state index >= 15 is 0 Å². The molecule has 4 heteroatoms. The van der Waals surface area contributed by atoms with Gasteiger partial charge in [0.2, 0.25) is 0 Å². The fourth-order valence-corrected chi connectivity index (χ4v) is 1.47. The fraction of sp³-hybridized carbons (Fsp3) is 0.571. The van der Waals surface area contributed by atoms with Gasteiger partial charge in [0.05, 0.1) is 5.88 Å². The van der Waals surface area contributed by atoms with Crippen LogP contribution in [0.2, 0.25) is 0 Å². The van der Waals surface area contributed by atoms with E-state index < -0.39 is 0 Å². The highest BCUT2D eigenvalue weighted by molar-refractivity contribution is 7.98. The molecule has 0 radical (unpaired) electrons. The summed E-state index contributed by atoms with van der Waals surface area (Å²) in [4.78, 5) is 4.11. The lowest BCUT2D eigenvalue weighted by molar-refractivity contribution is 0.732. The summed E-state index contributed by atoms with van der Waals surface area (Å²) < 4.78 is 2.09. The van der Waals surface area contributed by atoms with Crippen molar-refractivity contribution in [2.45, 2.75) is 12.4 Å². The van der Waals surface area contributed by atoms with Gasteiger partial charge < -0.3 is 4.57 Å². The Morgan fingerprint density at radius 3 is 3.18 bits per heavy atom. The van der Waals surface area contributed by atoms with Gasteiger partial charge in [-0.15, -0.1) is 11.6 Å². The first-order valence-electron chi connectivity index (χ1n) is 3.43. The number of rotatable bonds is 4. The Morgan fingerprint density at radius 2 is 2.55 bits per heavy atom. The second-order valence-electron chi connectivity index (χ2n) is 2.16. The van der Waals surface area contributed by atoms with Crippen LogP contribution in [0.1, 0.15) is 5.82 Å². The lowest BCUT2D eigenvalue weighted by Crippen LogP contribution is -2.02. The molecule has 0 atom stereocenters. The molecule has 0 saturated carbocycles. The predicted molar refractivity (Wildman–Crippen MR) is 50.2 cm³/mol. The molecule has 0 aliphatic carbocycles. The van der Waals surface area contributed by atoms with Crippen molar-refractivity contribution in [3.8, 4) is 0 Å². The zero-order valence-electron chi connectivity index (χ0n) is 6.46. The van der Waals surface area contributed by atoms with E-state index in [9.17, 15) is 0 Å². The van der Waals surface area contributed by atoms with Crippen LogP contribution in [0, 0.1) is 0 Å². The van der Waals surface area contributed by atoms with Crippen molar-refractivity contribution < 1.29 is 0 Å². The van der Waals surface area contributed by atoms with E-state index in [1.54, 1.807) is 6.20 Å². The molecule has 0 saturated heterocycles. The topological polar surface area (TPSA) is 17.8 Å². The summed E-state index contributed by atoms with van der Waals surface area (Å²) in [6.45, 7) is 1.00. The number of thioether (sulfide) groups is 1. The molecule has 0 amide bonds. The molecule has 1 aromatic rings. The maximum Gasteiger partial charge on any atom is 0.123 e. The summed E-state index contributed by atoms with van der Waals surface area (Å²) in [6, 6.07) is 0. The van der Waals surface area contributed by atoms with Crippen molar-refractivity contribution in [1.82, 2.24) is 9.55 Å². The van der Waals surface area contributed by atoms with Gasteiger partial charge in [-0.25, -0.2) is 4.98 Å². The maximum atomic E-state index is 5.66. The first-order valence-corrected chi connectivity index (χ1v) is 5.36. The highest BCUT2D eigenvalue weighted by Gasteiger charge is 1.98. The SMILES string of the molecule is CSCCn1ccnc1CCl. The van der Waals surface area contributed by atoms with Crippen LogP contribution >= 0.6 is 23.4 Å². The van der Waals surface area contributed by atoms with Gasteiger partial charge in [-0.05, 0) is 6.26 Å². The van der Waals surface area contributed by atoms with Crippen molar-refractivity contribution in [1.29, 1.82) is 0 Å². The second-order valence-corrected chi connectivity index (χ2v) is 3.42. The third-order valence-corrected chi connectivity index (χ3v) is 2.29. The number of hydrogen-bond acceptors (Lipinski definition) is 2. The summed E-state index contributed by atoms with van der Waals surface area (Å²) in [5.74, 6) is 2.57. The normalized spacial score (nSPS) is 10.4. The molecular formula is C7H11ClN2S. The summed E-state index contributed by atoms with van der Waals surface area (Å²) in [5, 5.41) is 0. The van der Waals surface area contributed by atoms with Crippen LogP contribution in [0.25, 0.3) is 0 Å². The number of nitrogens with zero attached hydrogens (tertiary/aromatic N) is 2. The third-order valence-electron chi connectivity index (χ3n) is 1.46. The Balaban J connectivity index is 2.54. The van der Waals surface area contributed by atoms with Gasteiger partial charge in [-0.1, -0.05) is 0 Å². The van der Waals surface area contributed by atoms with E-state index in [-0.39, 0.29) is 0 Å². The molecule has 0 bridgehead atoms. The molecule has 62 valence electrons. The van der Waals surface area contributed by atoms with E-state index in [4.69, 9.17) is 11.6 Å².